The van der Waals surface area contributed by atoms with Crippen molar-refractivity contribution in [1.82, 2.24) is 4.90 Å². The standard InChI is InChI=1S/C19H19NO3/c1-21-15-3-2-12-7-17-16-9-19-18(22-11-23-19)8-13(16)4-5-20(17)10-14(12)6-15/h2-3,6,8-9,17H,4-5,7,10-11H2,1H3. The normalized spacial score (nSPS) is 21.3. The second-order valence-electron chi connectivity index (χ2n) is 6.48. The Morgan fingerprint density at radius 1 is 1.04 bits per heavy atom. The highest BCUT2D eigenvalue weighted by atomic mass is 16.7. The average Bonchev–Trinajstić information content (AvgIpc) is 3.05. The van der Waals surface area contributed by atoms with Gasteiger partial charge in [-0.2, -0.15) is 0 Å². The fourth-order valence-corrected chi connectivity index (χ4v) is 4.07. The van der Waals surface area contributed by atoms with Gasteiger partial charge in [0.2, 0.25) is 6.79 Å². The van der Waals surface area contributed by atoms with Gasteiger partial charge in [-0.3, -0.25) is 4.90 Å². The first-order valence-electron chi connectivity index (χ1n) is 8.14. The summed E-state index contributed by atoms with van der Waals surface area (Å²) in [7, 11) is 1.73. The van der Waals surface area contributed by atoms with Crippen LogP contribution in [-0.2, 0) is 19.4 Å². The second-order valence-corrected chi connectivity index (χ2v) is 6.48. The zero-order chi connectivity index (χ0) is 15.4. The van der Waals surface area contributed by atoms with Gasteiger partial charge >= 0.3 is 0 Å². The van der Waals surface area contributed by atoms with Crippen molar-refractivity contribution in [1.29, 1.82) is 0 Å². The van der Waals surface area contributed by atoms with Gasteiger partial charge in [-0.25, -0.2) is 0 Å². The van der Waals surface area contributed by atoms with Crippen LogP contribution in [0.4, 0.5) is 0 Å². The molecule has 23 heavy (non-hydrogen) atoms. The van der Waals surface area contributed by atoms with Crippen LogP contribution in [0, 0.1) is 0 Å². The molecule has 3 heterocycles. The maximum absolute atomic E-state index is 5.59. The molecule has 1 atom stereocenters. The Morgan fingerprint density at radius 3 is 2.78 bits per heavy atom. The lowest BCUT2D eigenvalue weighted by Gasteiger charge is -2.41. The minimum absolute atomic E-state index is 0.342. The van der Waals surface area contributed by atoms with Gasteiger partial charge in [0.05, 0.1) is 7.11 Å². The summed E-state index contributed by atoms with van der Waals surface area (Å²) in [4.78, 5) is 2.58. The molecule has 0 aliphatic carbocycles. The molecule has 4 heteroatoms. The van der Waals surface area contributed by atoms with E-state index >= 15 is 0 Å². The molecule has 1 unspecified atom stereocenters. The molecule has 3 aliphatic rings. The van der Waals surface area contributed by atoms with Gasteiger partial charge in [0, 0.05) is 19.1 Å². The highest BCUT2D eigenvalue weighted by Crippen LogP contribution is 2.44. The molecule has 0 saturated carbocycles. The van der Waals surface area contributed by atoms with Crippen molar-refractivity contribution >= 4 is 0 Å². The molecule has 118 valence electrons. The number of nitrogens with zero attached hydrogens (tertiary/aromatic N) is 1. The van der Waals surface area contributed by atoms with Crippen molar-refractivity contribution in [3.63, 3.8) is 0 Å². The van der Waals surface area contributed by atoms with E-state index < -0.39 is 0 Å². The summed E-state index contributed by atoms with van der Waals surface area (Å²) in [6, 6.07) is 11.3. The van der Waals surface area contributed by atoms with Gasteiger partial charge in [-0.05, 0) is 59.4 Å². The third-order valence-electron chi connectivity index (χ3n) is 5.30. The van der Waals surface area contributed by atoms with Crippen LogP contribution in [0.1, 0.15) is 28.3 Å². The first-order chi connectivity index (χ1) is 11.3. The number of rotatable bonds is 1. The average molecular weight is 309 g/mol. The maximum Gasteiger partial charge on any atom is 0.231 e. The van der Waals surface area contributed by atoms with E-state index in [0.717, 1.165) is 43.2 Å². The van der Waals surface area contributed by atoms with Crippen LogP contribution in [0.5, 0.6) is 17.2 Å². The van der Waals surface area contributed by atoms with Crippen molar-refractivity contribution in [2.75, 3.05) is 20.4 Å². The summed E-state index contributed by atoms with van der Waals surface area (Å²) in [5.41, 5.74) is 5.64. The molecule has 5 rings (SSSR count). The van der Waals surface area contributed by atoms with E-state index in [2.05, 4.69) is 35.2 Å². The van der Waals surface area contributed by atoms with Crippen molar-refractivity contribution < 1.29 is 14.2 Å². The molecule has 0 N–H and O–H groups in total. The number of ether oxygens (including phenoxy) is 3. The molecular weight excluding hydrogens is 290 g/mol. The van der Waals surface area contributed by atoms with Gasteiger partial charge in [-0.1, -0.05) is 6.07 Å². The highest BCUT2D eigenvalue weighted by molar-refractivity contribution is 5.51. The van der Waals surface area contributed by atoms with Gasteiger partial charge < -0.3 is 14.2 Å². The Bertz CT molecular complexity index is 786. The Kier molecular flexibility index (Phi) is 2.82. The molecule has 0 radical (unpaired) electrons. The largest absolute Gasteiger partial charge is 0.497 e. The second kappa shape index (κ2) is 4.90. The molecule has 4 nitrogen and oxygen atoms in total. The first kappa shape index (κ1) is 13.3. The van der Waals surface area contributed by atoms with Gasteiger partial charge in [-0.15, -0.1) is 0 Å². The van der Waals surface area contributed by atoms with Crippen LogP contribution in [0.25, 0.3) is 0 Å². The Morgan fingerprint density at radius 2 is 1.91 bits per heavy atom. The van der Waals surface area contributed by atoms with Crippen molar-refractivity contribution in [2.45, 2.75) is 25.4 Å². The molecule has 0 aromatic heterocycles. The topological polar surface area (TPSA) is 30.9 Å². The smallest absolute Gasteiger partial charge is 0.231 e. The van der Waals surface area contributed by atoms with Crippen LogP contribution in [0.15, 0.2) is 30.3 Å². The number of fused-ring (bicyclic) bond motifs is 5. The van der Waals surface area contributed by atoms with Crippen LogP contribution >= 0.6 is 0 Å². The van der Waals surface area contributed by atoms with E-state index in [1.165, 1.54) is 22.3 Å². The SMILES string of the molecule is COc1ccc2c(c1)CN1CCc3cc4c(cc3C1C2)OCO4. The summed E-state index contributed by atoms with van der Waals surface area (Å²) in [5, 5.41) is 0. The zero-order valence-corrected chi connectivity index (χ0v) is 13.2. The number of benzene rings is 2. The van der Waals surface area contributed by atoms with Gasteiger partial charge in [0.1, 0.15) is 5.75 Å². The number of hydrogen-bond donors (Lipinski definition) is 0. The predicted octanol–water partition coefficient (Wildman–Crippen LogP) is 3.08. The first-order valence-corrected chi connectivity index (χ1v) is 8.14. The van der Waals surface area contributed by atoms with Crippen LogP contribution in [-0.4, -0.2) is 25.3 Å². The van der Waals surface area contributed by atoms with Crippen LogP contribution in [0.3, 0.4) is 0 Å². The summed E-state index contributed by atoms with van der Waals surface area (Å²) < 4.78 is 16.5. The third-order valence-corrected chi connectivity index (χ3v) is 5.30. The molecule has 0 bridgehead atoms. The number of methoxy groups -OCH3 is 1. The summed E-state index contributed by atoms with van der Waals surface area (Å²) in [6.07, 6.45) is 2.12. The number of hydrogen-bond acceptors (Lipinski definition) is 4. The van der Waals surface area contributed by atoms with Crippen LogP contribution in [0.2, 0.25) is 0 Å². The molecule has 0 saturated heterocycles. The fourth-order valence-electron chi connectivity index (χ4n) is 4.07. The minimum Gasteiger partial charge on any atom is -0.497 e. The summed E-state index contributed by atoms with van der Waals surface area (Å²) >= 11 is 0. The molecule has 0 spiro atoms. The Labute approximate surface area is 135 Å². The van der Waals surface area contributed by atoms with E-state index in [1.54, 1.807) is 7.11 Å². The van der Waals surface area contributed by atoms with E-state index in [9.17, 15) is 0 Å². The van der Waals surface area contributed by atoms with E-state index in [4.69, 9.17) is 14.2 Å². The Hall–Kier alpha value is -2.20. The molecule has 0 fully saturated rings. The van der Waals surface area contributed by atoms with Gasteiger partial charge in [0.15, 0.2) is 11.5 Å². The van der Waals surface area contributed by atoms with Crippen molar-refractivity contribution in [2.24, 2.45) is 0 Å². The Balaban J connectivity index is 1.55. The zero-order valence-electron chi connectivity index (χ0n) is 13.2. The highest BCUT2D eigenvalue weighted by Gasteiger charge is 2.33. The lowest BCUT2D eigenvalue weighted by Crippen LogP contribution is -2.39. The lowest BCUT2D eigenvalue weighted by atomic mass is 9.84. The van der Waals surface area contributed by atoms with Crippen molar-refractivity contribution in [3.8, 4) is 17.2 Å². The maximum atomic E-state index is 5.59. The molecule has 2 aromatic carbocycles. The quantitative estimate of drug-likeness (QED) is 0.810. The van der Waals surface area contributed by atoms with Gasteiger partial charge in [0.25, 0.3) is 0 Å². The summed E-state index contributed by atoms with van der Waals surface area (Å²) in [5.74, 6) is 2.74. The molecule has 2 aromatic rings. The summed E-state index contributed by atoms with van der Waals surface area (Å²) in [6.45, 7) is 2.42. The van der Waals surface area contributed by atoms with E-state index in [0.29, 0.717) is 12.8 Å². The lowest BCUT2D eigenvalue weighted by molar-refractivity contribution is 0.160. The monoisotopic (exact) mass is 309 g/mol. The van der Waals surface area contributed by atoms with Crippen LogP contribution < -0.4 is 14.2 Å². The fraction of sp³-hybridized carbons (Fsp3) is 0.368. The third kappa shape index (κ3) is 2.01. The molecule has 0 amide bonds. The van der Waals surface area contributed by atoms with Crippen molar-refractivity contribution in [3.05, 3.63) is 52.6 Å². The van der Waals surface area contributed by atoms with E-state index in [-0.39, 0.29) is 0 Å². The predicted molar refractivity (Wildman–Crippen MR) is 86.1 cm³/mol. The van der Waals surface area contributed by atoms with E-state index in [1.807, 2.05) is 0 Å². The minimum atomic E-state index is 0.342. The molecular formula is C19H19NO3. The molecule has 3 aliphatic heterocycles.